The number of carbonyl (C=O) groups is 2. The molecule has 1 amide bonds. The van der Waals surface area contributed by atoms with Gasteiger partial charge in [0.05, 0.1) is 6.54 Å². The molecule has 0 spiro atoms. The number of likely N-dealkylation sites (tertiary alicyclic amines) is 1. The highest BCUT2D eigenvalue weighted by atomic mass is 16.6. The van der Waals surface area contributed by atoms with Gasteiger partial charge in [0.25, 0.3) is 0 Å². The first-order valence-corrected chi connectivity index (χ1v) is 7.05. The van der Waals surface area contributed by atoms with Crippen LogP contribution in [0.3, 0.4) is 0 Å². The number of piperidine rings is 1. The lowest BCUT2D eigenvalue weighted by atomic mass is 9.97. The summed E-state index contributed by atoms with van der Waals surface area (Å²) in [5.41, 5.74) is -0.493. The van der Waals surface area contributed by atoms with E-state index in [1.54, 1.807) is 11.9 Å². The van der Waals surface area contributed by atoms with E-state index < -0.39 is 11.6 Å². The Balaban J connectivity index is 2.43. The standard InChI is InChI=1S/C14H26N2O4/c1-14(2,3)20-13(19)15(4)8-11-6-5-7-16(9-11)10-12(17)18/h11H,5-10H2,1-4H3,(H,17,18). The molecule has 0 saturated carbocycles. The number of ether oxygens (including phenoxy) is 1. The zero-order chi connectivity index (χ0) is 15.3. The average molecular weight is 286 g/mol. The number of carbonyl (C=O) groups excluding carboxylic acids is 1. The van der Waals surface area contributed by atoms with Gasteiger partial charge in [-0.25, -0.2) is 4.79 Å². The summed E-state index contributed by atoms with van der Waals surface area (Å²) in [6.07, 6.45) is 1.66. The minimum atomic E-state index is -0.800. The van der Waals surface area contributed by atoms with E-state index in [-0.39, 0.29) is 12.6 Å². The van der Waals surface area contributed by atoms with Crippen LogP contribution >= 0.6 is 0 Å². The maximum Gasteiger partial charge on any atom is 0.410 e. The lowest BCUT2D eigenvalue weighted by Gasteiger charge is -2.34. The van der Waals surface area contributed by atoms with Crippen LogP contribution in [0, 0.1) is 5.92 Å². The van der Waals surface area contributed by atoms with E-state index >= 15 is 0 Å². The molecule has 0 bridgehead atoms. The van der Waals surface area contributed by atoms with Crippen molar-refractivity contribution in [2.75, 3.05) is 33.2 Å². The van der Waals surface area contributed by atoms with Crippen LogP contribution in [0.5, 0.6) is 0 Å². The van der Waals surface area contributed by atoms with Crippen molar-refractivity contribution in [3.63, 3.8) is 0 Å². The third-order valence-electron chi connectivity index (χ3n) is 3.20. The van der Waals surface area contributed by atoms with E-state index in [1.165, 1.54) is 0 Å². The smallest absolute Gasteiger partial charge is 0.410 e. The summed E-state index contributed by atoms with van der Waals surface area (Å²) in [4.78, 5) is 26.1. The van der Waals surface area contributed by atoms with E-state index in [0.717, 1.165) is 25.9 Å². The summed E-state index contributed by atoms with van der Waals surface area (Å²) >= 11 is 0. The highest BCUT2D eigenvalue weighted by Crippen LogP contribution is 2.18. The molecule has 1 atom stereocenters. The van der Waals surface area contributed by atoms with E-state index in [4.69, 9.17) is 9.84 Å². The van der Waals surface area contributed by atoms with Crippen molar-refractivity contribution in [1.82, 2.24) is 9.80 Å². The molecular formula is C14H26N2O4. The van der Waals surface area contributed by atoms with Gasteiger partial charge in [-0.3, -0.25) is 9.69 Å². The largest absolute Gasteiger partial charge is 0.480 e. The monoisotopic (exact) mass is 286 g/mol. The van der Waals surface area contributed by atoms with Crippen molar-refractivity contribution in [2.45, 2.75) is 39.2 Å². The van der Waals surface area contributed by atoms with Crippen LogP contribution < -0.4 is 0 Å². The van der Waals surface area contributed by atoms with E-state index in [1.807, 2.05) is 25.7 Å². The average Bonchev–Trinajstić information content (AvgIpc) is 2.26. The molecule has 20 heavy (non-hydrogen) atoms. The third kappa shape index (κ3) is 6.23. The fourth-order valence-corrected chi connectivity index (χ4v) is 2.44. The zero-order valence-electron chi connectivity index (χ0n) is 12.9. The molecule has 1 fully saturated rings. The van der Waals surface area contributed by atoms with Crippen LogP contribution in [-0.2, 0) is 9.53 Å². The van der Waals surface area contributed by atoms with Crippen molar-refractivity contribution < 1.29 is 19.4 Å². The van der Waals surface area contributed by atoms with Gasteiger partial charge in [-0.15, -0.1) is 0 Å². The number of carboxylic acid groups (broad SMARTS) is 1. The van der Waals surface area contributed by atoms with Crippen molar-refractivity contribution in [1.29, 1.82) is 0 Å². The Morgan fingerprint density at radius 1 is 1.40 bits per heavy atom. The van der Waals surface area contributed by atoms with Gasteiger partial charge < -0.3 is 14.7 Å². The molecule has 0 aromatic carbocycles. The Hall–Kier alpha value is -1.30. The van der Waals surface area contributed by atoms with E-state index in [9.17, 15) is 9.59 Å². The normalized spacial score (nSPS) is 20.5. The molecule has 1 heterocycles. The van der Waals surface area contributed by atoms with Crippen molar-refractivity contribution >= 4 is 12.1 Å². The molecule has 0 radical (unpaired) electrons. The Morgan fingerprint density at radius 2 is 2.05 bits per heavy atom. The van der Waals surface area contributed by atoms with Crippen LogP contribution in [0.1, 0.15) is 33.6 Å². The quantitative estimate of drug-likeness (QED) is 0.851. The van der Waals surface area contributed by atoms with Gasteiger partial charge in [0.15, 0.2) is 0 Å². The summed E-state index contributed by atoms with van der Waals surface area (Å²) in [7, 11) is 1.73. The van der Waals surface area contributed by atoms with Crippen molar-refractivity contribution in [3.8, 4) is 0 Å². The predicted octanol–water partition coefficient (Wildman–Crippen LogP) is 1.65. The number of carboxylic acids is 1. The Morgan fingerprint density at radius 3 is 2.60 bits per heavy atom. The summed E-state index contributed by atoms with van der Waals surface area (Å²) in [6.45, 7) is 7.74. The fourth-order valence-electron chi connectivity index (χ4n) is 2.44. The second kappa shape index (κ2) is 6.92. The third-order valence-corrected chi connectivity index (χ3v) is 3.20. The maximum atomic E-state index is 11.9. The van der Waals surface area contributed by atoms with Crippen LogP contribution in [0.15, 0.2) is 0 Å². The zero-order valence-corrected chi connectivity index (χ0v) is 12.9. The van der Waals surface area contributed by atoms with Gasteiger partial charge in [0, 0.05) is 20.1 Å². The first-order chi connectivity index (χ1) is 9.17. The highest BCUT2D eigenvalue weighted by Gasteiger charge is 2.25. The summed E-state index contributed by atoms with van der Waals surface area (Å²) in [5, 5.41) is 8.82. The highest BCUT2D eigenvalue weighted by molar-refractivity contribution is 5.69. The first kappa shape index (κ1) is 16.8. The number of hydrogen-bond donors (Lipinski definition) is 1. The number of aliphatic carboxylic acids is 1. The SMILES string of the molecule is CN(CC1CCCN(CC(=O)O)C1)C(=O)OC(C)(C)C. The molecule has 6 heteroatoms. The molecule has 1 saturated heterocycles. The molecule has 1 unspecified atom stereocenters. The second-order valence-electron chi connectivity index (χ2n) is 6.50. The first-order valence-electron chi connectivity index (χ1n) is 7.05. The summed E-state index contributed by atoms with van der Waals surface area (Å²) in [5.74, 6) is -0.494. The molecule has 6 nitrogen and oxygen atoms in total. The minimum Gasteiger partial charge on any atom is -0.480 e. The fraction of sp³-hybridized carbons (Fsp3) is 0.857. The van der Waals surface area contributed by atoms with E-state index in [0.29, 0.717) is 12.5 Å². The van der Waals surface area contributed by atoms with Crippen LogP contribution in [0.25, 0.3) is 0 Å². The number of amides is 1. The molecule has 0 aromatic heterocycles. The van der Waals surface area contributed by atoms with Crippen LogP contribution in [0.2, 0.25) is 0 Å². The Labute approximate surface area is 120 Å². The number of nitrogens with zero attached hydrogens (tertiary/aromatic N) is 2. The molecule has 1 N–H and O–H groups in total. The minimum absolute atomic E-state index is 0.0760. The molecular weight excluding hydrogens is 260 g/mol. The molecule has 0 aromatic rings. The summed E-state index contributed by atoms with van der Waals surface area (Å²) < 4.78 is 5.31. The number of hydrogen-bond acceptors (Lipinski definition) is 4. The Bertz CT molecular complexity index is 352. The van der Waals surface area contributed by atoms with E-state index in [2.05, 4.69) is 0 Å². The molecule has 116 valence electrons. The molecule has 1 aliphatic heterocycles. The van der Waals surface area contributed by atoms with Gasteiger partial charge >= 0.3 is 12.1 Å². The lowest BCUT2D eigenvalue weighted by Crippen LogP contribution is -2.44. The Kier molecular flexibility index (Phi) is 5.80. The maximum absolute atomic E-state index is 11.9. The number of rotatable bonds is 4. The summed E-state index contributed by atoms with van der Waals surface area (Å²) in [6, 6.07) is 0. The molecule has 1 aliphatic rings. The van der Waals surface area contributed by atoms with Gasteiger partial charge in [0.1, 0.15) is 5.60 Å². The van der Waals surface area contributed by atoms with Crippen molar-refractivity contribution in [3.05, 3.63) is 0 Å². The second-order valence-corrected chi connectivity index (χ2v) is 6.50. The molecule has 1 rings (SSSR count). The topological polar surface area (TPSA) is 70.1 Å². The van der Waals surface area contributed by atoms with Gasteiger partial charge in [-0.05, 0) is 46.1 Å². The van der Waals surface area contributed by atoms with Crippen molar-refractivity contribution in [2.24, 2.45) is 5.92 Å². The lowest BCUT2D eigenvalue weighted by molar-refractivity contribution is -0.138. The van der Waals surface area contributed by atoms with Crippen LogP contribution in [-0.4, -0.2) is 65.8 Å². The van der Waals surface area contributed by atoms with Gasteiger partial charge in [-0.2, -0.15) is 0 Å². The molecule has 0 aliphatic carbocycles. The van der Waals surface area contributed by atoms with Crippen LogP contribution in [0.4, 0.5) is 4.79 Å². The van der Waals surface area contributed by atoms with Gasteiger partial charge in [0.2, 0.25) is 0 Å². The van der Waals surface area contributed by atoms with Gasteiger partial charge in [-0.1, -0.05) is 0 Å². The predicted molar refractivity (Wildman–Crippen MR) is 75.7 cm³/mol.